The van der Waals surface area contributed by atoms with E-state index in [0.29, 0.717) is 10.6 Å². The van der Waals surface area contributed by atoms with Crippen LogP contribution in [-0.4, -0.2) is 32.5 Å². The van der Waals surface area contributed by atoms with Gasteiger partial charge in [-0.3, -0.25) is 14.6 Å². The van der Waals surface area contributed by atoms with Crippen molar-refractivity contribution < 1.29 is 24.4 Å². The molecule has 0 aliphatic rings. The van der Waals surface area contributed by atoms with E-state index in [-0.39, 0.29) is 35.3 Å². The largest absolute Gasteiger partial charge is 0.344 e. The van der Waals surface area contributed by atoms with Gasteiger partial charge in [-0.15, -0.1) is 0 Å². The lowest BCUT2D eigenvalue weighted by molar-refractivity contribution is -0.162. The summed E-state index contributed by atoms with van der Waals surface area (Å²) in [5, 5.41) is 10.1. The number of rotatable bonds is 5. The van der Waals surface area contributed by atoms with E-state index in [9.17, 15) is 24.4 Å². The molecule has 128 valence electrons. The highest BCUT2D eigenvalue weighted by molar-refractivity contribution is 7.52. The third-order valence-corrected chi connectivity index (χ3v) is 4.82. The van der Waals surface area contributed by atoms with Crippen LogP contribution in [-0.2, 0) is 9.36 Å². The van der Waals surface area contributed by atoms with Gasteiger partial charge in [-0.1, -0.05) is 29.3 Å². The number of nitrogens with zero attached hydrogens (tertiary/aromatic N) is 1. The van der Waals surface area contributed by atoms with Crippen molar-refractivity contribution in [3.05, 3.63) is 33.8 Å². The summed E-state index contributed by atoms with van der Waals surface area (Å²) in [5.41, 5.74) is -0.879. The van der Waals surface area contributed by atoms with Crippen LogP contribution in [0.25, 0.3) is 0 Å². The van der Waals surface area contributed by atoms with E-state index in [1.54, 1.807) is 0 Å². The van der Waals surface area contributed by atoms with Gasteiger partial charge in [0.1, 0.15) is 0 Å². The van der Waals surface area contributed by atoms with Crippen LogP contribution < -0.4 is 12.3 Å². The second-order valence-corrected chi connectivity index (χ2v) is 6.83. The fourth-order valence-corrected chi connectivity index (χ4v) is 2.96. The molecule has 0 heterocycles. The molecule has 0 aliphatic heterocycles. The zero-order valence-electron chi connectivity index (χ0n) is 11.9. The number of hydrogen-bond donors (Lipinski definition) is 5. The van der Waals surface area contributed by atoms with Gasteiger partial charge < -0.3 is 22.1 Å². The maximum Gasteiger partial charge on any atom is 0.333 e. The van der Waals surface area contributed by atoms with Gasteiger partial charge in [0.25, 0.3) is 0 Å². The Hall–Kier alpha value is -0.700. The lowest BCUT2D eigenvalue weighted by Gasteiger charge is -2.21. The molecular formula is C11H20Cl2N3O5P. The minimum atomic E-state index is -4.47. The van der Waals surface area contributed by atoms with Gasteiger partial charge in [-0.25, -0.2) is 5.06 Å². The van der Waals surface area contributed by atoms with Crippen molar-refractivity contribution in [3.8, 4) is 0 Å². The molecule has 1 rings (SSSR count). The maximum absolute atomic E-state index is 11.5. The lowest BCUT2D eigenvalue weighted by atomic mass is 10.1. The Morgan fingerprint density at radius 2 is 1.82 bits per heavy atom. The number of carbonyl (C=O) groups is 1. The van der Waals surface area contributed by atoms with Crippen LogP contribution in [0.1, 0.15) is 24.6 Å². The van der Waals surface area contributed by atoms with Gasteiger partial charge in [0, 0.05) is 13.5 Å². The predicted octanol–water partition coefficient (Wildman–Crippen LogP) is 3.16. The summed E-state index contributed by atoms with van der Waals surface area (Å²) in [6.45, 7) is 0.941. The smallest absolute Gasteiger partial charge is 0.333 e. The second-order valence-electron chi connectivity index (χ2n) is 4.21. The molecule has 1 aromatic rings. The van der Waals surface area contributed by atoms with Gasteiger partial charge >= 0.3 is 7.60 Å². The standard InChI is InChI=1S/C11H14Cl2NO5P.2H3N/c1-7(15)14(16)5-4-11(20(17,18)19)8-2-3-9(12)10(13)6-8;;/h2-3,6,11,16H,4-5H2,1H3,(H2,17,18,19);2*1H3. The normalized spacial score (nSPS) is 11.9. The molecule has 0 aromatic heterocycles. The average molecular weight is 376 g/mol. The van der Waals surface area contributed by atoms with Crippen LogP contribution in [0.2, 0.25) is 10.0 Å². The number of carbonyl (C=O) groups excluding carboxylic acids is 1. The molecule has 11 heteroatoms. The van der Waals surface area contributed by atoms with Crippen molar-refractivity contribution in [2.75, 3.05) is 6.54 Å². The number of halogens is 2. The maximum atomic E-state index is 11.5. The molecule has 0 radical (unpaired) electrons. The minimum absolute atomic E-state index is 0. The summed E-state index contributed by atoms with van der Waals surface area (Å²) in [7, 11) is -4.47. The number of hydroxylamine groups is 2. The first-order chi connectivity index (χ1) is 9.12. The molecule has 9 N–H and O–H groups in total. The highest BCUT2D eigenvalue weighted by atomic mass is 35.5. The van der Waals surface area contributed by atoms with E-state index < -0.39 is 19.2 Å². The summed E-state index contributed by atoms with van der Waals surface area (Å²) < 4.78 is 11.5. The van der Waals surface area contributed by atoms with Crippen LogP contribution >= 0.6 is 30.8 Å². The molecule has 0 saturated carbocycles. The third kappa shape index (κ3) is 6.60. The van der Waals surface area contributed by atoms with Crippen LogP contribution in [0, 0.1) is 0 Å². The van der Waals surface area contributed by atoms with Crippen molar-refractivity contribution in [2.45, 2.75) is 19.0 Å². The van der Waals surface area contributed by atoms with Gasteiger partial charge in [-0.2, -0.15) is 0 Å². The molecule has 0 bridgehead atoms. The van der Waals surface area contributed by atoms with E-state index in [1.165, 1.54) is 18.2 Å². The molecule has 1 aromatic carbocycles. The highest BCUT2D eigenvalue weighted by Crippen LogP contribution is 2.54. The molecule has 1 amide bonds. The zero-order chi connectivity index (χ0) is 15.5. The number of benzene rings is 1. The number of hydrogen-bond acceptors (Lipinski definition) is 5. The molecule has 22 heavy (non-hydrogen) atoms. The van der Waals surface area contributed by atoms with E-state index in [0.717, 1.165) is 6.92 Å². The summed E-state index contributed by atoms with van der Waals surface area (Å²) in [5.74, 6) is -0.608. The Kier molecular flexibility index (Phi) is 10.1. The first-order valence-electron chi connectivity index (χ1n) is 5.60. The van der Waals surface area contributed by atoms with E-state index in [2.05, 4.69) is 0 Å². The fourth-order valence-electron chi connectivity index (χ4n) is 1.65. The summed E-state index contributed by atoms with van der Waals surface area (Å²) >= 11 is 11.6. The number of amides is 1. The van der Waals surface area contributed by atoms with E-state index in [4.69, 9.17) is 23.2 Å². The molecule has 1 unspecified atom stereocenters. The predicted molar refractivity (Wildman–Crippen MR) is 85.1 cm³/mol. The minimum Gasteiger partial charge on any atom is -0.344 e. The zero-order valence-corrected chi connectivity index (χ0v) is 14.4. The van der Waals surface area contributed by atoms with Gasteiger partial charge in [0.2, 0.25) is 5.91 Å². The van der Waals surface area contributed by atoms with Crippen LogP contribution in [0.5, 0.6) is 0 Å². The first kappa shape index (κ1) is 23.6. The SMILES string of the molecule is CC(=O)N(O)CCC(c1ccc(Cl)c(Cl)c1)P(=O)(O)O.N.N. The summed E-state index contributed by atoms with van der Waals surface area (Å²) in [4.78, 5) is 29.7. The van der Waals surface area contributed by atoms with Crippen molar-refractivity contribution in [3.63, 3.8) is 0 Å². The van der Waals surface area contributed by atoms with Crippen molar-refractivity contribution in [2.24, 2.45) is 0 Å². The molecular weight excluding hydrogens is 356 g/mol. The Morgan fingerprint density at radius 1 is 1.27 bits per heavy atom. The van der Waals surface area contributed by atoms with Crippen LogP contribution in [0.4, 0.5) is 0 Å². The molecule has 0 saturated heterocycles. The van der Waals surface area contributed by atoms with Crippen molar-refractivity contribution in [1.82, 2.24) is 17.4 Å². The monoisotopic (exact) mass is 375 g/mol. The Morgan fingerprint density at radius 3 is 2.23 bits per heavy atom. The second kappa shape index (κ2) is 9.44. The quantitative estimate of drug-likeness (QED) is 0.299. The molecule has 0 aliphatic carbocycles. The Balaban J connectivity index is 0. The average Bonchev–Trinajstić information content (AvgIpc) is 2.31. The molecule has 0 spiro atoms. The molecule has 8 nitrogen and oxygen atoms in total. The van der Waals surface area contributed by atoms with Gasteiger partial charge in [0.05, 0.1) is 15.7 Å². The molecule has 0 fully saturated rings. The van der Waals surface area contributed by atoms with E-state index in [1.807, 2.05) is 0 Å². The van der Waals surface area contributed by atoms with Crippen molar-refractivity contribution in [1.29, 1.82) is 0 Å². The fraction of sp³-hybridized carbons (Fsp3) is 0.364. The first-order valence-corrected chi connectivity index (χ1v) is 8.04. The van der Waals surface area contributed by atoms with Gasteiger partial charge in [0.15, 0.2) is 0 Å². The Labute approximate surface area is 138 Å². The Bertz CT molecular complexity index is 555. The highest BCUT2D eigenvalue weighted by Gasteiger charge is 2.31. The van der Waals surface area contributed by atoms with Crippen LogP contribution in [0.3, 0.4) is 0 Å². The van der Waals surface area contributed by atoms with Crippen molar-refractivity contribution >= 4 is 36.7 Å². The summed E-state index contributed by atoms with van der Waals surface area (Å²) in [6.07, 6.45) is -0.113. The third-order valence-electron chi connectivity index (χ3n) is 2.71. The topological polar surface area (TPSA) is 168 Å². The summed E-state index contributed by atoms with van der Waals surface area (Å²) in [6, 6.07) is 4.25. The lowest BCUT2D eigenvalue weighted by Crippen LogP contribution is -2.26. The van der Waals surface area contributed by atoms with Gasteiger partial charge in [-0.05, 0) is 24.1 Å². The molecule has 1 atom stereocenters. The van der Waals surface area contributed by atoms with Crippen LogP contribution in [0.15, 0.2) is 18.2 Å². The van der Waals surface area contributed by atoms with E-state index >= 15 is 0 Å².